The van der Waals surface area contributed by atoms with Crippen LogP contribution in [-0.4, -0.2) is 17.7 Å². The fourth-order valence-corrected chi connectivity index (χ4v) is 5.83. The third-order valence-electron chi connectivity index (χ3n) is 7.66. The third-order valence-corrected chi connectivity index (χ3v) is 7.66. The Morgan fingerprint density at radius 2 is 0.952 bits per heavy atom. The van der Waals surface area contributed by atoms with Crippen molar-refractivity contribution < 1.29 is 14.6 Å². The molecule has 0 amide bonds. The second kappa shape index (κ2) is 12.0. The van der Waals surface area contributed by atoms with Crippen LogP contribution in [0.4, 0.5) is 0 Å². The predicted molar refractivity (Wildman–Crippen MR) is 169 cm³/mol. The molecule has 0 heterocycles. The Balaban J connectivity index is 1.52. The van der Waals surface area contributed by atoms with Gasteiger partial charge in [-0.15, -0.1) is 0 Å². The summed E-state index contributed by atoms with van der Waals surface area (Å²) >= 11 is 0. The van der Waals surface area contributed by atoms with E-state index in [1.807, 2.05) is 30.3 Å². The molecule has 0 fully saturated rings. The molecule has 0 saturated carbocycles. The fraction of sp³-hybridized carbons (Fsp3) is 0.0513. The molecule has 0 aromatic heterocycles. The third kappa shape index (κ3) is 5.21. The highest BCUT2D eigenvalue weighted by molar-refractivity contribution is 5.78. The van der Waals surface area contributed by atoms with Gasteiger partial charge in [0.25, 0.3) is 0 Å². The average molecular weight is 547 g/mol. The van der Waals surface area contributed by atoms with E-state index in [9.17, 15) is 4.79 Å². The average Bonchev–Trinajstić information content (AvgIpc) is 3.06. The monoisotopic (exact) mass is 546 g/mol. The summed E-state index contributed by atoms with van der Waals surface area (Å²) in [5, 5.41) is 9.14. The van der Waals surface area contributed by atoms with Gasteiger partial charge in [0.1, 0.15) is 5.75 Å². The van der Waals surface area contributed by atoms with E-state index in [4.69, 9.17) is 9.84 Å². The lowest BCUT2D eigenvalue weighted by molar-refractivity contribution is -0.139. The molecule has 0 aliphatic rings. The van der Waals surface area contributed by atoms with E-state index in [2.05, 4.69) is 127 Å². The van der Waals surface area contributed by atoms with Gasteiger partial charge in [-0.1, -0.05) is 146 Å². The zero-order valence-corrected chi connectivity index (χ0v) is 23.1. The summed E-state index contributed by atoms with van der Waals surface area (Å²) in [7, 11) is 0. The number of hydrogen-bond donors (Lipinski definition) is 1. The topological polar surface area (TPSA) is 46.5 Å². The van der Waals surface area contributed by atoms with Gasteiger partial charge in [0, 0.05) is 5.56 Å². The lowest BCUT2D eigenvalue weighted by Crippen LogP contribution is -2.31. The highest BCUT2D eigenvalue weighted by atomic mass is 16.5. The van der Waals surface area contributed by atoms with Crippen LogP contribution in [0.2, 0.25) is 0 Å². The van der Waals surface area contributed by atoms with Crippen molar-refractivity contribution in [1.82, 2.24) is 0 Å². The van der Waals surface area contributed by atoms with Gasteiger partial charge in [-0.05, 0) is 57.1 Å². The molecule has 1 N–H and O–H groups in total. The summed E-state index contributed by atoms with van der Waals surface area (Å²) in [5.74, 6) is -0.462. The highest BCUT2D eigenvalue weighted by Crippen LogP contribution is 2.46. The summed E-state index contributed by atoms with van der Waals surface area (Å²) in [4.78, 5) is 11.2. The molecule has 3 nitrogen and oxygen atoms in total. The van der Waals surface area contributed by atoms with Crippen molar-refractivity contribution in [2.24, 2.45) is 0 Å². The quantitative estimate of drug-likeness (QED) is 0.184. The molecule has 6 rings (SSSR count). The van der Waals surface area contributed by atoms with Crippen LogP contribution < -0.4 is 4.74 Å². The molecular weight excluding hydrogens is 516 g/mol. The van der Waals surface area contributed by atoms with Gasteiger partial charge < -0.3 is 9.84 Å². The first-order valence-electron chi connectivity index (χ1n) is 14.0. The first kappa shape index (κ1) is 26.8. The molecular formula is C39H30O3. The Hall–Kier alpha value is -5.41. The van der Waals surface area contributed by atoms with Crippen LogP contribution >= 0.6 is 0 Å². The number of carboxylic acids is 1. The second-order valence-electron chi connectivity index (χ2n) is 10.2. The first-order valence-corrected chi connectivity index (χ1v) is 14.0. The van der Waals surface area contributed by atoms with E-state index in [1.165, 1.54) is 22.3 Å². The largest absolute Gasteiger partial charge is 0.481 e. The standard InChI is InChI=1S/C39H30O3/c40-38(41)28-42-37-25-11-10-24-36(37)31-16-12-14-29(26-31)30-15-13-23-35(27-30)39(32-17-4-1-5-18-32,33-19-6-2-7-20-33)34-21-8-3-9-22-34/h1-27H,28H2,(H,40,41). The summed E-state index contributed by atoms with van der Waals surface area (Å²) in [6.45, 7) is -0.390. The van der Waals surface area contributed by atoms with E-state index in [-0.39, 0.29) is 6.61 Å². The minimum atomic E-state index is -1.01. The van der Waals surface area contributed by atoms with Crippen molar-refractivity contribution in [2.45, 2.75) is 5.41 Å². The zero-order valence-electron chi connectivity index (χ0n) is 23.1. The molecule has 0 saturated heterocycles. The van der Waals surface area contributed by atoms with E-state index in [0.29, 0.717) is 5.75 Å². The van der Waals surface area contributed by atoms with E-state index < -0.39 is 11.4 Å². The van der Waals surface area contributed by atoms with Crippen molar-refractivity contribution in [3.63, 3.8) is 0 Å². The summed E-state index contributed by atoms with van der Waals surface area (Å²) in [6.07, 6.45) is 0. The van der Waals surface area contributed by atoms with E-state index in [1.54, 1.807) is 6.07 Å². The molecule has 0 aliphatic heterocycles. The Kier molecular flexibility index (Phi) is 7.65. The van der Waals surface area contributed by atoms with E-state index in [0.717, 1.165) is 22.3 Å². The van der Waals surface area contributed by atoms with Gasteiger partial charge in [0.15, 0.2) is 6.61 Å². The number of carboxylic acid groups (broad SMARTS) is 1. The van der Waals surface area contributed by atoms with E-state index >= 15 is 0 Å². The van der Waals surface area contributed by atoms with Crippen LogP contribution in [0, 0.1) is 0 Å². The van der Waals surface area contributed by atoms with Crippen LogP contribution in [0.1, 0.15) is 22.3 Å². The number of aliphatic carboxylic acids is 1. The van der Waals surface area contributed by atoms with Crippen LogP contribution in [0.25, 0.3) is 22.3 Å². The maximum Gasteiger partial charge on any atom is 0.341 e. The second-order valence-corrected chi connectivity index (χ2v) is 10.2. The minimum absolute atomic E-state index is 0.390. The molecule has 0 unspecified atom stereocenters. The Bertz CT molecular complexity index is 1700. The first-order chi connectivity index (χ1) is 20.7. The van der Waals surface area contributed by atoms with Gasteiger partial charge in [-0.3, -0.25) is 0 Å². The zero-order chi connectivity index (χ0) is 28.8. The maximum absolute atomic E-state index is 11.2. The molecule has 0 radical (unpaired) electrons. The number of rotatable bonds is 9. The Morgan fingerprint density at radius 3 is 1.52 bits per heavy atom. The van der Waals surface area contributed by atoms with Gasteiger partial charge in [0.05, 0.1) is 5.41 Å². The molecule has 42 heavy (non-hydrogen) atoms. The van der Waals surface area contributed by atoms with Crippen LogP contribution in [0.3, 0.4) is 0 Å². The molecule has 0 aliphatic carbocycles. The van der Waals surface area contributed by atoms with Gasteiger partial charge >= 0.3 is 5.97 Å². The van der Waals surface area contributed by atoms with Gasteiger partial charge in [-0.25, -0.2) is 4.79 Å². The van der Waals surface area contributed by atoms with Crippen molar-refractivity contribution >= 4 is 5.97 Å². The summed E-state index contributed by atoms with van der Waals surface area (Å²) in [6, 6.07) is 56.7. The van der Waals surface area contributed by atoms with Gasteiger partial charge in [0.2, 0.25) is 0 Å². The van der Waals surface area contributed by atoms with Crippen molar-refractivity contribution in [3.8, 4) is 28.0 Å². The van der Waals surface area contributed by atoms with Crippen molar-refractivity contribution in [2.75, 3.05) is 6.61 Å². The Labute approximate surface area is 246 Å². The molecule has 0 spiro atoms. The molecule has 0 bridgehead atoms. The fourth-order valence-electron chi connectivity index (χ4n) is 5.83. The maximum atomic E-state index is 11.2. The summed E-state index contributed by atoms with van der Waals surface area (Å²) in [5.41, 5.74) is 8.17. The number of ether oxygens (including phenoxy) is 1. The van der Waals surface area contributed by atoms with Crippen LogP contribution in [0.5, 0.6) is 5.75 Å². The molecule has 6 aromatic carbocycles. The minimum Gasteiger partial charge on any atom is -0.481 e. The predicted octanol–water partition coefficient (Wildman–Crippen LogP) is 8.87. The number of hydrogen-bond acceptors (Lipinski definition) is 2. The summed E-state index contributed by atoms with van der Waals surface area (Å²) < 4.78 is 5.61. The normalized spacial score (nSPS) is 11.1. The molecule has 3 heteroatoms. The lowest BCUT2D eigenvalue weighted by Gasteiger charge is -2.37. The van der Waals surface area contributed by atoms with Gasteiger partial charge in [-0.2, -0.15) is 0 Å². The number of benzene rings is 6. The SMILES string of the molecule is O=C(O)COc1ccccc1-c1cccc(-c2cccc(C(c3ccccc3)(c3ccccc3)c3ccccc3)c2)c1. The number of para-hydroxylation sites is 1. The van der Waals surface area contributed by atoms with Crippen molar-refractivity contribution in [3.05, 3.63) is 186 Å². The molecule has 204 valence electrons. The Morgan fingerprint density at radius 1 is 0.500 bits per heavy atom. The number of carbonyl (C=O) groups is 1. The lowest BCUT2D eigenvalue weighted by atomic mass is 9.65. The highest BCUT2D eigenvalue weighted by Gasteiger charge is 2.38. The van der Waals surface area contributed by atoms with Crippen LogP contribution in [0.15, 0.2) is 164 Å². The molecule has 0 atom stereocenters. The van der Waals surface area contributed by atoms with Crippen LogP contribution in [-0.2, 0) is 10.2 Å². The smallest absolute Gasteiger partial charge is 0.341 e. The molecule has 6 aromatic rings. The van der Waals surface area contributed by atoms with Crippen molar-refractivity contribution in [1.29, 1.82) is 0 Å².